The molecule has 2 bridgehead atoms. The van der Waals surface area contributed by atoms with Crippen LogP contribution in [0.4, 0.5) is 0 Å². The van der Waals surface area contributed by atoms with Gasteiger partial charge in [-0.15, -0.1) is 0 Å². The average molecular weight is 341 g/mol. The fourth-order valence-corrected chi connectivity index (χ4v) is 4.31. The normalized spacial score (nSPS) is 29.1. The number of rotatable bonds is 5. The van der Waals surface area contributed by atoms with Gasteiger partial charge in [-0.3, -0.25) is 4.68 Å². The molecule has 1 N–H and O–H groups in total. The van der Waals surface area contributed by atoms with Gasteiger partial charge in [0.15, 0.2) is 0 Å². The van der Waals surface area contributed by atoms with Gasteiger partial charge in [0, 0.05) is 25.7 Å². The Hall–Kier alpha value is -0.390. The number of fused-ring (bicyclic) bond motifs is 3. The van der Waals surface area contributed by atoms with Crippen LogP contribution in [0.1, 0.15) is 38.1 Å². The molecule has 1 aromatic rings. The fraction of sp³-hybridized carbons (Fsp3) is 0.800. The minimum Gasteiger partial charge on any atom is -0.307 e. The zero-order chi connectivity index (χ0) is 14.1. The van der Waals surface area contributed by atoms with Crippen molar-refractivity contribution in [3.05, 3.63) is 15.9 Å². The van der Waals surface area contributed by atoms with Crippen molar-refractivity contribution in [1.82, 2.24) is 20.0 Å². The van der Waals surface area contributed by atoms with E-state index in [1.165, 1.54) is 48.3 Å². The van der Waals surface area contributed by atoms with Gasteiger partial charge < -0.3 is 10.2 Å². The summed E-state index contributed by atoms with van der Waals surface area (Å²) >= 11 is 3.74. The van der Waals surface area contributed by atoms with Crippen LogP contribution in [0.25, 0.3) is 0 Å². The van der Waals surface area contributed by atoms with Crippen LogP contribution in [0.15, 0.2) is 4.47 Å². The first kappa shape index (κ1) is 14.5. The number of aryl methyl sites for hydroxylation is 2. The summed E-state index contributed by atoms with van der Waals surface area (Å²) in [5, 5.41) is 8.47. The SMILES string of the molecule is CCc1nn(CC)c(CNC2CN3CCC2CC3)c1Br. The maximum Gasteiger partial charge on any atom is 0.0767 e. The number of piperidine rings is 3. The minimum atomic E-state index is 0.662. The summed E-state index contributed by atoms with van der Waals surface area (Å²) in [5.74, 6) is 0.877. The van der Waals surface area contributed by atoms with Crippen molar-refractivity contribution >= 4 is 15.9 Å². The van der Waals surface area contributed by atoms with Gasteiger partial charge in [0.2, 0.25) is 0 Å². The highest BCUT2D eigenvalue weighted by Gasteiger charge is 2.33. The molecule has 4 heterocycles. The Bertz CT molecular complexity index is 463. The third-order valence-electron chi connectivity index (χ3n) is 4.88. The first-order chi connectivity index (χ1) is 9.72. The molecule has 3 fully saturated rings. The fourth-order valence-electron chi connectivity index (χ4n) is 3.61. The topological polar surface area (TPSA) is 33.1 Å². The molecular weight excluding hydrogens is 316 g/mol. The molecule has 0 aliphatic carbocycles. The molecule has 3 aliphatic rings. The van der Waals surface area contributed by atoms with Crippen molar-refractivity contribution in [1.29, 1.82) is 0 Å². The van der Waals surface area contributed by atoms with Crippen molar-refractivity contribution in [3.8, 4) is 0 Å². The van der Waals surface area contributed by atoms with Crippen molar-refractivity contribution < 1.29 is 0 Å². The molecule has 3 aliphatic heterocycles. The average Bonchev–Trinajstić information content (AvgIpc) is 2.82. The van der Waals surface area contributed by atoms with Crippen molar-refractivity contribution in [2.75, 3.05) is 19.6 Å². The van der Waals surface area contributed by atoms with Gasteiger partial charge in [-0.2, -0.15) is 5.10 Å². The lowest BCUT2D eigenvalue weighted by Gasteiger charge is -2.45. The van der Waals surface area contributed by atoms with Crippen LogP contribution >= 0.6 is 15.9 Å². The molecule has 0 amide bonds. The van der Waals surface area contributed by atoms with Crippen molar-refractivity contribution in [2.45, 2.75) is 52.2 Å². The Morgan fingerprint density at radius 3 is 2.60 bits per heavy atom. The van der Waals surface area contributed by atoms with E-state index in [1.54, 1.807) is 0 Å². The predicted octanol–water partition coefficient (Wildman–Crippen LogP) is 2.41. The summed E-state index contributed by atoms with van der Waals surface area (Å²) in [5.41, 5.74) is 2.48. The first-order valence-corrected chi connectivity index (χ1v) is 8.72. The Morgan fingerprint density at radius 1 is 1.30 bits per heavy atom. The van der Waals surface area contributed by atoms with E-state index in [9.17, 15) is 0 Å². The number of halogens is 1. The molecule has 0 aromatic carbocycles. The maximum atomic E-state index is 4.68. The lowest BCUT2D eigenvalue weighted by molar-refractivity contribution is 0.0716. The molecule has 112 valence electrons. The van der Waals surface area contributed by atoms with Crippen molar-refractivity contribution in [3.63, 3.8) is 0 Å². The highest BCUT2D eigenvalue weighted by molar-refractivity contribution is 9.10. The summed E-state index contributed by atoms with van der Waals surface area (Å²) in [6.45, 7) is 10.0. The van der Waals surface area contributed by atoms with E-state index in [-0.39, 0.29) is 0 Å². The standard InChI is InChI=1S/C15H25BrN4/c1-3-12-15(16)14(20(4-2)18-12)9-17-13-10-19-7-5-11(13)6-8-19/h11,13,17H,3-10H2,1-2H3. The number of nitrogens with one attached hydrogen (secondary N) is 1. The highest BCUT2D eigenvalue weighted by Crippen LogP contribution is 2.28. The quantitative estimate of drug-likeness (QED) is 0.893. The molecule has 1 aromatic heterocycles. The smallest absolute Gasteiger partial charge is 0.0767 e. The summed E-state index contributed by atoms with van der Waals surface area (Å²) in [6, 6.07) is 0.662. The van der Waals surface area contributed by atoms with Gasteiger partial charge in [0.25, 0.3) is 0 Å². The maximum absolute atomic E-state index is 4.68. The summed E-state index contributed by atoms with van der Waals surface area (Å²) < 4.78 is 3.34. The summed E-state index contributed by atoms with van der Waals surface area (Å²) in [4.78, 5) is 2.60. The van der Waals surface area contributed by atoms with Crippen LogP contribution in [-0.4, -0.2) is 40.4 Å². The lowest BCUT2D eigenvalue weighted by atomic mass is 9.84. The van der Waals surface area contributed by atoms with Gasteiger partial charge in [0.1, 0.15) is 0 Å². The zero-order valence-electron chi connectivity index (χ0n) is 12.5. The van der Waals surface area contributed by atoms with Crippen LogP contribution < -0.4 is 5.32 Å². The summed E-state index contributed by atoms with van der Waals surface area (Å²) in [6.07, 6.45) is 3.72. The lowest BCUT2D eigenvalue weighted by Crippen LogP contribution is -2.55. The van der Waals surface area contributed by atoms with Crippen molar-refractivity contribution in [2.24, 2.45) is 5.92 Å². The second-order valence-electron chi connectivity index (χ2n) is 6.00. The Kier molecular flexibility index (Phi) is 4.48. The molecule has 0 spiro atoms. The molecular formula is C15H25BrN4. The summed E-state index contributed by atoms with van der Waals surface area (Å²) in [7, 11) is 0. The van der Waals surface area contributed by atoms with E-state index in [1.807, 2.05) is 0 Å². The van der Waals surface area contributed by atoms with Crippen LogP contribution in [0.3, 0.4) is 0 Å². The largest absolute Gasteiger partial charge is 0.307 e. The number of hydrogen-bond donors (Lipinski definition) is 1. The molecule has 20 heavy (non-hydrogen) atoms. The first-order valence-electron chi connectivity index (χ1n) is 7.92. The third-order valence-corrected chi connectivity index (χ3v) is 5.80. The second-order valence-corrected chi connectivity index (χ2v) is 6.80. The van der Waals surface area contributed by atoms with Gasteiger partial charge in [-0.1, -0.05) is 6.92 Å². The van der Waals surface area contributed by atoms with E-state index >= 15 is 0 Å². The number of nitrogens with zero attached hydrogens (tertiary/aromatic N) is 3. The predicted molar refractivity (Wildman–Crippen MR) is 84.8 cm³/mol. The van der Waals surface area contributed by atoms with Gasteiger partial charge >= 0.3 is 0 Å². The molecule has 4 rings (SSSR count). The zero-order valence-corrected chi connectivity index (χ0v) is 14.1. The molecule has 5 heteroatoms. The van der Waals surface area contributed by atoms with Crippen LogP contribution in [0, 0.1) is 5.92 Å². The van der Waals surface area contributed by atoms with E-state index < -0.39 is 0 Å². The molecule has 3 saturated heterocycles. The third kappa shape index (κ3) is 2.68. The van der Waals surface area contributed by atoms with E-state index in [0.29, 0.717) is 6.04 Å². The van der Waals surface area contributed by atoms with Crippen LogP contribution in [0.2, 0.25) is 0 Å². The van der Waals surface area contributed by atoms with Crippen LogP contribution in [-0.2, 0) is 19.5 Å². The molecule has 0 saturated carbocycles. The van der Waals surface area contributed by atoms with E-state index in [0.717, 1.165) is 25.4 Å². The minimum absolute atomic E-state index is 0.662. The van der Waals surface area contributed by atoms with E-state index in [2.05, 4.69) is 49.8 Å². The second kappa shape index (κ2) is 6.16. The molecule has 0 radical (unpaired) electrons. The highest BCUT2D eigenvalue weighted by atomic mass is 79.9. The Morgan fingerprint density at radius 2 is 2.05 bits per heavy atom. The Labute approximate surface area is 130 Å². The van der Waals surface area contributed by atoms with Crippen LogP contribution in [0.5, 0.6) is 0 Å². The van der Waals surface area contributed by atoms with Gasteiger partial charge in [-0.05, 0) is 61.1 Å². The monoisotopic (exact) mass is 340 g/mol. The Balaban J connectivity index is 1.67. The van der Waals surface area contributed by atoms with Gasteiger partial charge in [-0.25, -0.2) is 0 Å². The molecule has 1 atom stereocenters. The molecule has 1 unspecified atom stereocenters. The molecule has 4 nitrogen and oxygen atoms in total. The van der Waals surface area contributed by atoms with E-state index in [4.69, 9.17) is 0 Å². The number of aromatic nitrogens is 2. The number of hydrogen-bond acceptors (Lipinski definition) is 3. The van der Waals surface area contributed by atoms with Gasteiger partial charge in [0.05, 0.1) is 15.9 Å².